The summed E-state index contributed by atoms with van der Waals surface area (Å²) in [5.74, 6) is -3.41. The van der Waals surface area contributed by atoms with Gasteiger partial charge in [0.1, 0.15) is 18.1 Å². The number of rotatable bonds is 5. The molecule has 1 N–H and O–H groups in total. The van der Waals surface area contributed by atoms with Crippen LogP contribution in [-0.4, -0.2) is 25.9 Å². The van der Waals surface area contributed by atoms with Gasteiger partial charge in [-0.1, -0.05) is 0 Å². The zero-order chi connectivity index (χ0) is 13.8. The summed E-state index contributed by atoms with van der Waals surface area (Å²) in [7, 11) is 0. The maximum atomic E-state index is 13.0. The third-order valence-electron chi connectivity index (χ3n) is 1.82. The lowest BCUT2D eigenvalue weighted by Crippen LogP contribution is -2.20. The van der Waals surface area contributed by atoms with E-state index in [0.717, 1.165) is 0 Å². The van der Waals surface area contributed by atoms with Gasteiger partial charge >= 0.3 is 6.18 Å². The van der Waals surface area contributed by atoms with Gasteiger partial charge in [-0.25, -0.2) is 13.2 Å². The molecule has 0 saturated carbocycles. The van der Waals surface area contributed by atoms with E-state index in [1.165, 1.54) is 0 Å². The van der Waals surface area contributed by atoms with Gasteiger partial charge in [0.25, 0.3) is 0 Å². The van der Waals surface area contributed by atoms with Crippen LogP contribution < -0.4 is 5.32 Å². The fourth-order valence-corrected chi connectivity index (χ4v) is 1.15. The van der Waals surface area contributed by atoms with Crippen LogP contribution in [0.1, 0.15) is 0 Å². The molecule has 8 heteroatoms. The van der Waals surface area contributed by atoms with Crippen LogP contribution in [0.3, 0.4) is 0 Å². The second-order valence-corrected chi connectivity index (χ2v) is 3.34. The van der Waals surface area contributed by atoms with Crippen molar-refractivity contribution in [2.24, 2.45) is 0 Å². The van der Waals surface area contributed by atoms with E-state index in [-0.39, 0.29) is 6.54 Å². The minimum absolute atomic E-state index is 0.241. The van der Waals surface area contributed by atoms with E-state index < -0.39 is 42.5 Å². The third-order valence-corrected chi connectivity index (χ3v) is 1.82. The Kier molecular flexibility index (Phi) is 4.83. The Hall–Kier alpha value is -1.44. The molecule has 0 radical (unpaired) electrons. The number of benzene rings is 1. The second-order valence-electron chi connectivity index (χ2n) is 3.34. The highest BCUT2D eigenvalue weighted by atomic mass is 19.4. The number of alkyl halides is 3. The molecule has 0 amide bonds. The molecule has 0 fully saturated rings. The summed E-state index contributed by atoms with van der Waals surface area (Å²) in [6.45, 7) is -2.08. The first-order chi connectivity index (χ1) is 8.29. The van der Waals surface area contributed by atoms with Crippen molar-refractivity contribution in [3.63, 3.8) is 0 Å². The number of hydrogen-bond donors (Lipinski definition) is 1. The van der Waals surface area contributed by atoms with Gasteiger partial charge in [0.05, 0.1) is 6.61 Å². The number of hydrogen-bond acceptors (Lipinski definition) is 2. The molecule has 0 heterocycles. The number of halogens is 6. The lowest BCUT2D eigenvalue weighted by molar-refractivity contribution is -0.172. The van der Waals surface area contributed by atoms with Crippen molar-refractivity contribution in [2.45, 2.75) is 6.18 Å². The molecule has 1 aromatic rings. The van der Waals surface area contributed by atoms with Crippen LogP contribution in [0.2, 0.25) is 0 Å². The minimum atomic E-state index is -4.45. The Balaban J connectivity index is 2.41. The van der Waals surface area contributed by atoms with Crippen molar-refractivity contribution in [2.75, 3.05) is 25.1 Å². The van der Waals surface area contributed by atoms with Crippen LogP contribution in [0.25, 0.3) is 0 Å². The zero-order valence-corrected chi connectivity index (χ0v) is 8.95. The third kappa shape index (κ3) is 4.82. The van der Waals surface area contributed by atoms with Crippen molar-refractivity contribution in [3.05, 3.63) is 29.6 Å². The molecule has 1 rings (SSSR count). The van der Waals surface area contributed by atoms with E-state index in [2.05, 4.69) is 10.1 Å². The van der Waals surface area contributed by atoms with E-state index in [9.17, 15) is 26.3 Å². The predicted octanol–water partition coefficient (Wildman–Crippen LogP) is 3.09. The number of anilines is 1. The zero-order valence-electron chi connectivity index (χ0n) is 8.95. The summed E-state index contributed by atoms with van der Waals surface area (Å²) >= 11 is 0. The summed E-state index contributed by atoms with van der Waals surface area (Å²) in [5, 5.41) is 2.19. The molecule has 0 aromatic heterocycles. The monoisotopic (exact) mass is 273 g/mol. The summed E-state index contributed by atoms with van der Waals surface area (Å²) in [5.41, 5.74) is -0.605. The molecule has 0 aliphatic heterocycles. The van der Waals surface area contributed by atoms with Crippen molar-refractivity contribution >= 4 is 5.69 Å². The van der Waals surface area contributed by atoms with E-state index in [1.54, 1.807) is 0 Å². The van der Waals surface area contributed by atoms with E-state index in [0.29, 0.717) is 12.1 Å². The highest BCUT2D eigenvalue weighted by molar-refractivity contribution is 5.46. The van der Waals surface area contributed by atoms with Crippen LogP contribution in [0.15, 0.2) is 12.1 Å². The summed E-state index contributed by atoms with van der Waals surface area (Å²) < 4.78 is 77.8. The van der Waals surface area contributed by atoms with Crippen LogP contribution in [-0.2, 0) is 4.74 Å². The molecular formula is C10H9F6NO. The van der Waals surface area contributed by atoms with E-state index in [4.69, 9.17) is 0 Å². The Morgan fingerprint density at radius 3 is 2.11 bits per heavy atom. The first-order valence-electron chi connectivity index (χ1n) is 4.82. The molecule has 0 bridgehead atoms. The van der Waals surface area contributed by atoms with Crippen molar-refractivity contribution in [1.82, 2.24) is 0 Å². The second kappa shape index (κ2) is 5.94. The smallest absolute Gasteiger partial charge is 0.378 e. The van der Waals surface area contributed by atoms with Gasteiger partial charge in [-0.15, -0.1) is 0 Å². The van der Waals surface area contributed by atoms with Gasteiger partial charge in [-0.05, 0) is 0 Å². The largest absolute Gasteiger partial charge is 0.411 e. The quantitative estimate of drug-likeness (QED) is 0.657. The summed E-state index contributed by atoms with van der Waals surface area (Å²) in [6, 6.07) is 0.921. The minimum Gasteiger partial charge on any atom is -0.378 e. The molecule has 0 aliphatic carbocycles. The SMILES string of the molecule is Fc1cc(F)c(NCCOCC(F)(F)F)c(F)c1. The topological polar surface area (TPSA) is 21.3 Å². The highest BCUT2D eigenvalue weighted by Gasteiger charge is 2.27. The highest BCUT2D eigenvalue weighted by Crippen LogP contribution is 2.19. The van der Waals surface area contributed by atoms with Crippen molar-refractivity contribution in [3.8, 4) is 0 Å². The van der Waals surface area contributed by atoms with Crippen molar-refractivity contribution < 1.29 is 31.1 Å². The lowest BCUT2D eigenvalue weighted by atomic mass is 10.3. The summed E-state index contributed by atoms with van der Waals surface area (Å²) in [4.78, 5) is 0. The van der Waals surface area contributed by atoms with Gasteiger partial charge < -0.3 is 10.1 Å². The molecule has 0 aliphatic rings. The fourth-order valence-electron chi connectivity index (χ4n) is 1.15. The van der Waals surface area contributed by atoms with Gasteiger partial charge in [-0.2, -0.15) is 13.2 Å². The predicted molar refractivity (Wildman–Crippen MR) is 51.7 cm³/mol. The molecular weight excluding hydrogens is 264 g/mol. The Labute approximate surface area is 98.5 Å². The number of nitrogens with one attached hydrogen (secondary N) is 1. The van der Waals surface area contributed by atoms with Gasteiger partial charge in [0.2, 0.25) is 0 Å². The average Bonchev–Trinajstić information content (AvgIpc) is 2.19. The van der Waals surface area contributed by atoms with E-state index in [1.807, 2.05) is 0 Å². The van der Waals surface area contributed by atoms with Crippen LogP contribution in [0.4, 0.5) is 32.0 Å². The molecule has 0 atom stereocenters. The van der Waals surface area contributed by atoms with Gasteiger partial charge in [-0.3, -0.25) is 0 Å². The average molecular weight is 273 g/mol. The molecule has 18 heavy (non-hydrogen) atoms. The standard InChI is InChI=1S/C10H9F6NO/c11-6-3-7(12)9(8(13)4-6)17-1-2-18-5-10(14,15)16/h3-4,17H,1-2,5H2. The maximum Gasteiger partial charge on any atom is 0.411 e. The van der Waals surface area contributed by atoms with Crippen LogP contribution in [0.5, 0.6) is 0 Å². The van der Waals surface area contributed by atoms with Crippen molar-refractivity contribution in [1.29, 1.82) is 0 Å². The van der Waals surface area contributed by atoms with E-state index >= 15 is 0 Å². The molecule has 102 valence electrons. The molecule has 0 spiro atoms. The number of ether oxygens (including phenoxy) is 1. The first kappa shape index (κ1) is 14.6. The maximum absolute atomic E-state index is 13.0. The Bertz CT molecular complexity index is 383. The lowest BCUT2D eigenvalue weighted by Gasteiger charge is -2.10. The first-order valence-corrected chi connectivity index (χ1v) is 4.82. The molecule has 2 nitrogen and oxygen atoms in total. The van der Waals surface area contributed by atoms with Gasteiger partial charge in [0.15, 0.2) is 11.6 Å². The Morgan fingerprint density at radius 1 is 1.06 bits per heavy atom. The normalized spacial score (nSPS) is 11.7. The fraction of sp³-hybridized carbons (Fsp3) is 0.400. The van der Waals surface area contributed by atoms with Crippen LogP contribution in [0, 0.1) is 17.5 Å². The van der Waals surface area contributed by atoms with Gasteiger partial charge in [0, 0.05) is 18.7 Å². The van der Waals surface area contributed by atoms with Crippen LogP contribution >= 0.6 is 0 Å². The molecule has 0 saturated heterocycles. The Morgan fingerprint density at radius 2 is 1.61 bits per heavy atom. The molecule has 1 aromatic carbocycles. The summed E-state index contributed by atoms with van der Waals surface area (Å²) in [6.07, 6.45) is -4.45. The molecule has 0 unspecified atom stereocenters.